The fraction of sp³-hybridized carbons (Fsp3) is 0.375. The van der Waals surface area contributed by atoms with Gasteiger partial charge in [-0.3, -0.25) is 14.9 Å². The number of piperazine rings is 1. The average Bonchev–Trinajstić information content (AvgIpc) is 2.99. The average molecular weight is 299 g/mol. The molecule has 0 saturated carbocycles. The van der Waals surface area contributed by atoms with E-state index < -0.39 is 0 Å². The van der Waals surface area contributed by atoms with E-state index in [1.54, 1.807) is 17.1 Å². The molecule has 1 N–H and O–H groups in total. The van der Waals surface area contributed by atoms with E-state index in [-0.39, 0.29) is 5.91 Å². The highest BCUT2D eigenvalue weighted by atomic mass is 16.2. The largest absolute Gasteiger partial charge is 0.304 e. The Labute approximate surface area is 130 Å². The van der Waals surface area contributed by atoms with Gasteiger partial charge in [-0.25, -0.2) is 5.01 Å². The van der Waals surface area contributed by atoms with Crippen molar-refractivity contribution in [3.05, 3.63) is 53.9 Å². The molecular weight excluding hydrogens is 278 g/mol. The van der Waals surface area contributed by atoms with E-state index in [2.05, 4.69) is 22.5 Å². The van der Waals surface area contributed by atoms with Gasteiger partial charge >= 0.3 is 0 Å². The normalized spacial score (nSPS) is 16.6. The first kappa shape index (κ1) is 14.7. The van der Waals surface area contributed by atoms with Gasteiger partial charge in [0.2, 0.25) is 0 Å². The van der Waals surface area contributed by atoms with Crippen LogP contribution in [0.2, 0.25) is 0 Å². The van der Waals surface area contributed by atoms with E-state index in [0.29, 0.717) is 12.1 Å². The van der Waals surface area contributed by atoms with Gasteiger partial charge in [0.15, 0.2) is 0 Å². The lowest BCUT2D eigenvalue weighted by Gasteiger charge is -2.32. The molecule has 1 aliphatic heterocycles. The lowest BCUT2D eigenvalue weighted by atomic mass is 10.2. The fourth-order valence-corrected chi connectivity index (χ4v) is 2.46. The van der Waals surface area contributed by atoms with Crippen molar-refractivity contribution in [3.63, 3.8) is 0 Å². The van der Waals surface area contributed by atoms with Gasteiger partial charge in [0.1, 0.15) is 0 Å². The molecule has 2 heterocycles. The minimum Gasteiger partial charge on any atom is -0.304 e. The van der Waals surface area contributed by atoms with Crippen LogP contribution in [0.4, 0.5) is 0 Å². The van der Waals surface area contributed by atoms with Crippen molar-refractivity contribution in [1.29, 1.82) is 0 Å². The molecule has 0 bridgehead atoms. The molecule has 1 aliphatic rings. The van der Waals surface area contributed by atoms with Crippen LogP contribution < -0.4 is 5.43 Å². The third-order valence-corrected chi connectivity index (χ3v) is 3.85. The zero-order valence-electron chi connectivity index (χ0n) is 12.8. The summed E-state index contributed by atoms with van der Waals surface area (Å²) in [5, 5.41) is 6.24. The van der Waals surface area contributed by atoms with Crippen molar-refractivity contribution in [1.82, 2.24) is 25.1 Å². The number of carbonyl (C=O) groups excluding carboxylic acids is 1. The van der Waals surface area contributed by atoms with Crippen molar-refractivity contribution in [2.24, 2.45) is 0 Å². The van der Waals surface area contributed by atoms with Gasteiger partial charge in [-0.15, -0.1) is 0 Å². The number of hydrogen-bond donors (Lipinski definition) is 1. The van der Waals surface area contributed by atoms with Crippen LogP contribution in [0.25, 0.3) is 0 Å². The topological polar surface area (TPSA) is 53.4 Å². The first-order valence-corrected chi connectivity index (χ1v) is 7.51. The first-order valence-electron chi connectivity index (χ1n) is 7.51. The Balaban J connectivity index is 1.57. The molecule has 1 fully saturated rings. The fourth-order valence-electron chi connectivity index (χ4n) is 2.46. The monoisotopic (exact) mass is 299 g/mol. The minimum atomic E-state index is -0.0936. The summed E-state index contributed by atoms with van der Waals surface area (Å²) in [5.41, 5.74) is 4.70. The van der Waals surface area contributed by atoms with E-state index in [1.165, 1.54) is 0 Å². The zero-order chi connectivity index (χ0) is 15.4. The van der Waals surface area contributed by atoms with Crippen LogP contribution in [-0.2, 0) is 6.54 Å². The second kappa shape index (κ2) is 6.72. The molecule has 0 unspecified atom stereocenters. The summed E-state index contributed by atoms with van der Waals surface area (Å²) < 4.78 is 1.79. The molecule has 0 aliphatic carbocycles. The van der Waals surface area contributed by atoms with E-state index in [0.717, 1.165) is 31.7 Å². The lowest BCUT2D eigenvalue weighted by molar-refractivity contribution is 0.0662. The van der Waals surface area contributed by atoms with Crippen molar-refractivity contribution in [2.75, 3.05) is 33.2 Å². The Morgan fingerprint density at radius 3 is 2.64 bits per heavy atom. The number of carbonyl (C=O) groups is 1. The van der Waals surface area contributed by atoms with E-state index in [9.17, 15) is 4.79 Å². The van der Waals surface area contributed by atoms with Crippen molar-refractivity contribution < 1.29 is 4.79 Å². The maximum Gasteiger partial charge on any atom is 0.268 e. The minimum absolute atomic E-state index is 0.0936. The Bertz CT molecular complexity index is 616. The summed E-state index contributed by atoms with van der Waals surface area (Å²) in [4.78, 5) is 14.5. The number of benzene rings is 1. The van der Waals surface area contributed by atoms with Gasteiger partial charge in [-0.1, -0.05) is 30.3 Å². The maximum atomic E-state index is 12.2. The molecule has 116 valence electrons. The summed E-state index contributed by atoms with van der Waals surface area (Å²) >= 11 is 0. The Morgan fingerprint density at radius 2 is 1.91 bits per heavy atom. The van der Waals surface area contributed by atoms with Crippen LogP contribution >= 0.6 is 0 Å². The second-order valence-corrected chi connectivity index (χ2v) is 5.64. The SMILES string of the molecule is CN1CCN(NC(=O)c2cnn(Cc3ccccc3)c2)CC1. The predicted octanol–water partition coefficient (Wildman–Crippen LogP) is 0.824. The highest BCUT2D eigenvalue weighted by molar-refractivity contribution is 5.93. The highest BCUT2D eigenvalue weighted by Gasteiger charge is 2.17. The van der Waals surface area contributed by atoms with Gasteiger partial charge in [-0.2, -0.15) is 5.10 Å². The molecule has 0 radical (unpaired) electrons. The van der Waals surface area contributed by atoms with E-state index in [4.69, 9.17) is 0 Å². The molecule has 1 amide bonds. The van der Waals surface area contributed by atoms with Crippen LogP contribution in [0.15, 0.2) is 42.7 Å². The Hall–Kier alpha value is -2.18. The van der Waals surface area contributed by atoms with Gasteiger partial charge in [0.05, 0.1) is 18.3 Å². The number of hydrazine groups is 1. The maximum absolute atomic E-state index is 12.2. The van der Waals surface area contributed by atoms with Crippen LogP contribution in [-0.4, -0.2) is 58.8 Å². The summed E-state index contributed by atoms with van der Waals surface area (Å²) in [6.45, 7) is 4.30. The summed E-state index contributed by atoms with van der Waals surface area (Å²) in [7, 11) is 2.09. The molecule has 1 aromatic heterocycles. The van der Waals surface area contributed by atoms with Crippen LogP contribution in [0, 0.1) is 0 Å². The molecule has 6 heteroatoms. The molecule has 0 atom stereocenters. The predicted molar refractivity (Wildman–Crippen MR) is 84.3 cm³/mol. The zero-order valence-corrected chi connectivity index (χ0v) is 12.8. The molecule has 2 aromatic rings. The third kappa shape index (κ3) is 3.72. The summed E-state index contributed by atoms with van der Waals surface area (Å²) in [6, 6.07) is 10.1. The van der Waals surface area contributed by atoms with Crippen molar-refractivity contribution >= 4 is 5.91 Å². The first-order chi connectivity index (χ1) is 10.7. The van der Waals surface area contributed by atoms with E-state index in [1.807, 2.05) is 35.3 Å². The second-order valence-electron chi connectivity index (χ2n) is 5.64. The van der Waals surface area contributed by atoms with Gasteiger partial charge in [0, 0.05) is 32.4 Å². The quantitative estimate of drug-likeness (QED) is 0.908. The number of amides is 1. The standard InChI is InChI=1S/C16H21N5O/c1-19-7-9-20(10-8-19)18-16(22)15-11-17-21(13-15)12-14-5-3-2-4-6-14/h2-6,11,13H,7-10,12H2,1H3,(H,18,22). The molecule has 22 heavy (non-hydrogen) atoms. The van der Waals surface area contributed by atoms with Crippen LogP contribution in [0.1, 0.15) is 15.9 Å². The smallest absolute Gasteiger partial charge is 0.268 e. The Kier molecular flexibility index (Phi) is 4.50. The van der Waals surface area contributed by atoms with Gasteiger partial charge in [0.25, 0.3) is 5.91 Å². The Morgan fingerprint density at radius 1 is 1.18 bits per heavy atom. The lowest BCUT2D eigenvalue weighted by Crippen LogP contribution is -2.52. The van der Waals surface area contributed by atoms with Crippen molar-refractivity contribution in [3.8, 4) is 0 Å². The molecule has 6 nitrogen and oxygen atoms in total. The number of hydrogen-bond acceptors (Lipinski definition) is 4. The number of rotatable bonds is 4. The number of likely N-dealkylation sites (N-methyl/N-ethyl adjacent to an activating group) is 1. The van der Waals surface area contributed by atoms with Gasteiger partial charge < -0.3 is 4.90 Å². The van der Waals surface area contributed by atoms with Crippen LogP contribution in [0.5, 0.6) is 0 Å². The summed E-state index contributed by atoms with van der Waals surface area (Å²) in [5.74, 6) is -0.0936. The van der Waals surface area contributed by atoms with Crippen molar-refractivity contribution in [2.45, 2.75) is 6.54 Å². The summed E-state index contributed by atoms with van der Waals surface area (Å²) in [6.07, 6.45) is 3.41. The number of nitrogens with one attached hydrogen (secondary N) is 1. The molecular formula is C16H21N5O. The highest BCUT2D eigenvalue weighted by Crippen LogP contribution is 2.05. The van der Waals surface area contributed by atoms with E-state index >= 15 is 0 Å². The molecule has 1 saturated heterocycles. The molecule has 3 rings (SSSR count). The molecule has 0 spiro atoms. The van der Waals surface area contributed by atoms with Crippen LogP contribution in [0.3, 0.4) is 0 Å². The third-order valence-electron chi connectivity index (χ3n) is 3.85. The number of aromatic nitrogens is 2. The number of nitrogens with zero attached hydrogens (tertiary/aromatic N) is 4. The van der Waals surface area contributed by atoms with Gasteiger partial charge in [-0.05, 0) is 12.6 Å². The molecule has 1 aromatic carbocycles.